The van der Waals surface area contributed by atoms with E-state index >= 15 is 0 Å². The van der Waals surface area contributed by atoms with Crippen molar-refractivity contribution in [3.63, 3.8) is 0 Å². The molecule has 2 aromatic rings. The molecule has 1 atom stereocenters. The average Bonchev–Trinajstić information content (AvgIpc) is 2.79. The topological polar surface area (TPSA) is 59.2 Å². The normalized spacial score (nSPS) is 12.9. The van der Waals surface area contributed by atoms with Crippen molar-refractivity contribution in [1.82, 2.24) is 10.1 Å². The maximum atomic E-state index is 9.78. The van der Waals surface area contributed by atoms with Crippen LogP contribution in [0, 0.1) is 5.92 Å². The molecule has 2 rings (SSSR count). The Morgan fingerprint density at radius 3 is 2.58 bits per heavy atom. The molecule has 0 saturated heterocycles. The van der Waals surface area contributed by atoms with Crippen molar-refractivity contribution in [3.05, 3.63) is 46.0 Å². The van der Waals surface area contributed by atoms with Gasteiger partial charge in [0.05, 0.1) is 12.5 Å². The fourth-order valence-electron chi connectivity index (χ4n) is 1.64. The summed E-state index contributed by atoms with van der Waals surface area (Å²) in [5.41, 5.74) is 1.12. The van der Waals surface area contributed by atoms with Crippen LogP contribution < -0.4 is 0 Å². The lowest BCUT2D eigenvalue weighted by Gasteiger charge is -2.10. The summed E-state index contributed by atoms with van der Waals surface area (Å²) in [7, 11) is 0. The lowest BCUT2D eigenvalue weighted by atomic mass is 10.0. The summed E-state index contributed by atoms with van der Waals surface area (Å²) >= 11 is 3.40. The Bertz CT molecular complexity index is 522. The second-order valence-electron chi connectivity index (χ2n) is 4.92. The Labute approximate surface area is 121 Å². The van der Waals surface area contributed by atoms with Crippen LogP contribution in [0.15, 0.2) is 33.3 Å². The summed E-state index contributed by atoms with van der Waals surface area (Å²) in [6.07, 6.45) is 0.598. The van der Waals surface area contributed by atoms with Gasteiger partial charge in [-0.25, -0.2) is 0 Å². The number of nitrogens with zero attached hydrogens (tertiary/aromatic N) is 2. The fourth-order valence-corrected chi connectivity index (χ4v) is 1.91. The third kappa shape index (κ3) is 4.14. The van der Waals surface area contributed by atoms with Crippen LogP contribution in [0.5, 0.6) is 0 Å². The first-order valence-electron chi connectivity index (χ1n) is 6.28. The van der Waals surface area contributed by atoms with E-state index in [0.717, 1.165) is 10.0 Å². The molecule has 19 heavy (non-hydrogen) atoms. The van der Waals surface area contributed by atoms with E-state index in [1.165, 1.54) is 0 Å². The van der Waals surface area contributed by atoms with Gasteiger partial charge in [-0.15, -0.1) is 0 Å². The van der Waals surface area contributed by atoms with Gasteiger partial charge in [-0.1, -0.05) is 47.1 Å². The minimum absolute atomic E-state index is 0.182. The molecule has 0 radical (unpaired) electrons. The number of rotatable bonds is 5. The van der Waals surface area contributed by atoms with Crippen LogP contribution in [0.25, 0.3) is 0 Å². The van der Waals surface area contributed by atoms with Crippen molar-refractivity contribution in [2.75, 3.05) is 0 Å². The van der Waals surface area contributed by atoms with Crippen LogP contribution in [-0.2, 0) is 12.8 Å². The van der Waals surface area contributed by atoms with Gasteiger partial charge in [0.1, 0.15) is 0 Å². The zero-order valence-electron chi connectivity index (χ0n) is 11.0. The van der Waals surface area contributed by atoms with Crippen molar-refractivity contribution in [2.24, 2.45) is 5.92 Å². The number of aromatic nitrogens is 2. The fraction of sp³-hybridized carbons (Fsp3) is 0.429. The summed E-state index contributed by atoms with van der Waals surface area (Å²) in [5.74, 6) is 1.32. The zero-order valence-corrected chi connectivity index (χ0v) is 12.6. The van der Waals surface area contributed by atoms with Gasteiger partial charge < -0.3 is 9.63 Å². The smallest absolute Gasteiger partial charge is 0.229 e. The molecular formula is C14H17BrN2O2. The summed E-state index contributed by atoms with van der Waals surface area (Å²) in [6.45, 7) is 3.92. The predicted octanol–water partition coefficient (Wildman–Crippen LogP) is 2.98. The quantitative estimate of drug-likeness (QED) is 0.918. The maximum Gasteiger partial charge on any atom is 0.229 e. The van der Waals surface area contributed by atoms with Gasteiger partial charge in [0.2, 0.25) is 5.89 Å². The predicted molar refractivity (Wildman–Crippen MR) is 75.8 cm³/mol. The van der Waals surface area contributed by atoms with Gasteiger partial charge >= 0.3 is 0 Å². The van der Waals surface area contributed by atoms with Crippen LogP contribution in [-0.4, -0.2) is 21.4 Å². The molecule has 1 aromatic carbocycles. The van der Waals surface area contributed by atoms with Gasteiger partial charge in [0.25, 0.3) is 0 Å². The van der Waals surface area contributed by atoms with Crippen molar-refractivity contribution in [3.8, 4) is 0 Å². The average molecular weight is 325 g/mol. The van der Waals surface area contributed by atoms with Crippen LogP contribution in [0.2, 0.25) is 0 Å². The summed E-state index contributed by atoms with van der Waals surface area (Å²) < 4.78 is 6.20. The largest absolute Gasteiger partial charge is 0.392 e. The first-order chi connectivity index (χ1) is 9.04. The molecule has 0 fully saturated rings. The first kappa shape index (κ1) is 14.2. The van der Waals surface area contributed by atoms with Crippen molar-refractivity contribution >= 4 is 15.9 Å². The molecule has 1 N–H and O–H groups in total. The number of aliphatic hydroxyl groups excluding tert-OH is 1. The molecule has 5 heteroatoms. The molecular weight excluding hydrogens is 308 g/mol. The Hall–Kier alpha value is -1.20. The zero-order chi connectivity index (χ0) is 13.8. The number of hydrogen-bond donors (Lipinski definition) is 1. The third-order valence-electron chi connectivity index (χ3n) is 2.94. The van der Waals surface area contributed by atoms with Gasteiger partial charge in [-0.2, -0.15) is 4.98 Å². The summed E-state index contributed by atoms with van der Waals surface area (Å²) in [4.78, 5) is 4.30. The highest BCUT2D eigenvalue weighted by Crippen LogP contribution is 2.14. The van der Waals surface area contributed by atoms with Crippen molar-refractivity contribution in [2.45, 2.75) is 32.8 Å². The van der Waals surface area contributed by atoms with E-state index in [1.807, 2.05) is 38.1 Å². The maximum absolute atomic E-state index is 9.78. The van der Waals surface area contributed by atoms with Gasteiger partial charge in [0, 0.05) is 10.9 Å². The lowest BCUT2D eigenvalue weighted by Crippen LogP contribution is -2.17. The van der Waals surface area contributed by atoms with Gasteiger partial charge in [0.15, 0.2) is 5.82 Å². The minimum atomic E-state index is -0.444. The van der Waals surface area contributed by atoms with Crippen LogP contribution in [0.1, 0.15) is 31.1 Å². The Morgan fingerprint density at radius 2 is 1.95 bits per heavy atom. The highest BCUT2D eigenvalue weighted by Gasteiger charge is 2.15. The van der Waals surface area contributed by atoms with E-state index in [1.54, 1.807) is 0 Å². The number of hydrogen-bond acceptors (Lipinski definition) is 4. The third-order valence-corrected chi connectivity index (χ3v) is 3.47. The Balaban J connectivity index is 1.99. The highest BCUT2D eigenvalue weighted by molar-refractivity contribution is 9.10. The lowest BCUT2D eigenvalue weighted by molar-refractivity contribution is 0.116. The van der Waals surface area contributed by atoms with E-state index in [2.05, 4.69) is 26.1 Å². The molecule has 0 spiro atoms. The molecule has 0 amide bonds. The summed E-state index contributed by atoms with van der Waals surface area (Å²) in [5, 5.41) is 13.7. The van der Waals surface area contributed by atoms with E-state index in [0.29, 0.717) is 24.6 Å². The molecule has 102 valence electrons. The molecule has 4 nitrogen and oxygen atoms in total. The first-order valence-corrected chi connectivity index (χ1v) is 7.08. The van der Waals surface area contributed by atoms with Crippen molar-refractivity contribution in [1.29, 1.82) is 0 Å². The van der Waals surface area contributed by atoms with E-state index in [9.17, 15) is 5.11 Å². The Morgan fingerprint density at radius 1 is 1.26 bits per heavy atom. The van der Waals surface area contributed by atoms with Gasteiger partial charge in [-0.3, -0.25) is 0 Å². The molecule has 1 heterocycles. The standard InChI is InChI=1S/C14H17BrN2O2/c1-9(2)12(18)8-14-16-13(17-19-14)7-10-3-5-11(15)6-4-10/h3-6,9,12,18H,7-8H2,1-2H3. The number of aliphatic hydroxyl groups is 1. The molecule has 1 aromatic heterocycles. The molecule has 0 saturated carbocycles. The molecule has 0 aliphatic carbocycles. The Kier molecular flexibility index (Phi) is 4.71. The van der Waals surface area contributed by atoms with Gasteiger partial charge in [-0.05, 0) is 23.6 Å². The summed E-state index contributed by atoms with van der Waals surface area (Å²) in [6, 6.07) is 8.00. The molecule has 0 aliphatic rings. The minimum Gasteiger partial charge on any atom is -0.392 e. The van der Waals surface area contributed by atoms with E-state index in [-0.39, 0.29) is 5.92 Å². The molecule has 1 unspecified atom stereocenters. The number of halogens is 1. The highest BCUT2D eigenvalue weighted by atomic mass is 79.9. The van der Waals surface area contributed by atoms with E-state index < -0.39 is 6.10 Å². The molecule has 0 bridgehead atoms. The van der Waals surface area contributed by atoms with E-state index in [4.69, 9.17) is 4.52 Å². The van der Waals surface area contributed by atoms with Crippen molar-refractivity contribution < 1.29 is 9.63 Å². The van der Waals surface area contributed by atoms with Crippen LogP contribution >= 0.6 is 15.9 Å². The monoisotopic (exact) mass is 324 g/mol. The number of benzene rings is 1. The second kappa shape index (κ2) is 6.30. The van der Waals surface area contributed by atoms with Crippen LogP contribution in [0.4, 0.5) is 0 Å². The second-order valence-corrected chi connectivity index (χ2v) is 5.84. The van der Waals surface area contributed by atoms with Crippen LogP contribution in [0.3, 0.4) is 0 Å². The SMILES string of the molecule is CC(C)C(O)Cc1nc(Cc2ccc(Br)cc2)no1. The molecule has 0 aliphatic heterocycles.